The molecule has 5 nitrogen and oxygen atoms in total. The summed E-state index contributed by atoms with van der Waals surface area (Å²) in [6.07, 6.45) is 3.34. The molecular weight excluding hydrogens is 442 g/mol. The molecule has 30 heavy (non-hydrogen) atoms. The monoisotopic (exact) mass is 463 g/mol. The second kappa shape index (κ2) is 8.20. The van der Waals surface area contributed by atoms with Crippen LogP contribution in [0.2, 0.25) is 0 Å². The van der Waals surface area contributed by atoms with E-state index in [2.05, 4.69) is 62.6 Å². The third kappa shape index (κ3) is 3.61. The van der Waals surface area contributed by atoms with Crippen molar-refractivity contribution in [2.24, 2.45) is 0 Å². The zero-order valence-electron chi connectivity index (χ0n) is 16.4. The van der Waals surface area contributed by atoms with Gasteiger partial charge in [-0.1, -0.05) is 48.5 Å². The Kier molecular flexibility index (Phi) is 5.27. The molecule has 2 aliphatic rings. The molecule has 1 amide bonds. The number of benzene rings is 2. The molecule has 0 spiro atoms. The summed E-state index contributed by atoms with van der Waals surface area (Å²) in [6, 6.07) is 18.8. The van der Waals surface area contributed by atoms with Crippen molar-refractivity contribution in [1.29, 1.82) is 0 Å². The van der Waals surface area contributed by atoms with Crippen LogP contribution in [-0.4, -0.2) is 42.2 Å². The number of piperazine rings is 1. The minimum Gasteiger partial charge on any atom is -0.448 e. The molecule has 1 N–H and O–H groups in total. The van der Waals surface area contributed by atoms with Gasteiger partial charge in [0, 0.05) is 42.4 Å². The van der Waals surface area contributed by atoms with Crippen molar-refractivity contribution in [3.8, 4) is 11.1 Å². The third-order valence-corrected chi connectivity index (χ3v) is 6.33. The van der Waals surface area contributed by atoms with Crippen LogP contribution in [0.3, 0.4) is 0 Å². The molecule has 6 heteroatoms. The average molecular weight is 464 g/mol. The van der Waals surface area contributed by atoms with Crippen LogP contribution in [0, 0.1) is 0 Å². The molecule has 2 heterocycles. The number of amides is 1. The normalized spacial score (nSPS) is 18.0. The van der Waals surface area contributed by atoms with Gasteiger partial charge in [-0.15, -0.1) is 0 Å². The second-order valence-corrected chi connectivity index (χ2v) is 8.61. The summed E-state index contributed by atoms with van der Waals surface area (Å²) in [6.45, 7) is 2.27. The SMILES string of the molecule is O=C(OCC1c2ccccc2-c2ccccc21)N1CCNC(c2cncc(Br)c2)C1. The van der Waals surface area contributed by atoms with Gasteiger partial charge >= 0.3 is 6.09 Å². The first-order chi connectivity index (χ1) is 14.7. The Morgan fingerprint density at radius 1 is 1.10 bits per heavy atom. The van der Waals surface area contributed by atoms with E-state index in [4.69, 9.17) is 4.74 Å². The van der Waals surface area contributed by atoms with E-state index >= 15 is 0 Å². The van der Waals surface area contributed by atoms with Gasteiger partial charge in [0.2, 0.25) is 0 Å². The topological polar surface area (TPSA) is 54.5 Å². The molecule has 1 aliphatic carbocycles. The Morgan fingerprint density at radius 2 is 1.80 bits per heavy atom. The Hall–Kier alpha value is -2.70. The van der Waals surface area contributed by atoms with Gasteiger partial charge in [-0.3, -0.25) is 4.98 Å². The van der Waals surface area contributed by atoms with Crippen LogP contribution in [0.15, 0.2) is 71.5 Å². The van der Waals surface area contributed by atoms with Crippen LogP contribution >= 0.6 is 15.9 Å². The molecule has 1 aliphatic heterocycles. The van der Waals surface area contributed by atoms with Crippen LogP contribution in [0.1, 0.15) is 28.7 Å². The first-order valence-electron chi connectivity index (χ1n) is 10.1. The van der Waals surface area contributed by atoms with Gasteiger partial charge in [0.05, 0.1) is 6.04 Å². The average Bonchev–Trinajstić information content (AvgIpc) is 3.11. The number of hydrogen-bond donors (Lipinski definition) is 1. The predicted octanol–water partition coefficient (Wildman–Crippen LogP) is 4.74. The van der Waals surface area contributed by atoms with E-state index in [1.807, 2.05) is 24.4 Å². The van der Waals surface area contributed by atoms with E-state index in [0.717, 1.165) is 16.6 Å². The van der Waals surface area contributed by atoms with Crippen molar-refractivity contribution >= 4 is 22.0 Å². The fraction of sp³-hybridized carbons (Fsp3) is 0.250. The number of rotatable bonds is 3. The number of pyridine rings is 1. The van der Waals surface area contributed by atoms with Gasteiger partial charge in [0.25, 0.3) is 0 Å². The molecule has 1 aromatic heterocycles. The number of hydrogen-bond acceptors (Lipinski definition) is 4. The number of aromatic nitrogens is 1. The zero-order valence-corrected chi connectivity index (χ0v) is 18.0. The van der Waals surface area contributed by atoms with E-state index in [0.29, 0.717) is 19.7 Å². The lowest BCUT2D eigenvalue weighted by Crippen LogP contribution is -2.48. The second-order valence-electron chi connectivity index (χ2n) is 7.69. The van der Waals surface area contributed by atoms with Crippen LogP contribution in [0.25, 0.3) is 11.1 Å². The molecule has 5 rings (SSSR count). The minimum atomic E-state index is -0.258. The number of carbonyl (C=O) groups excluding carboxylic acids is 1. The molecule has 0 radical (unpaired) electrons. The van der Waals surface area contributed by atoms with E-state index in [-0.39, 0.29) is 18.1 Å². The highest BCUT2D eigenvalue weighted by atomic mass is 79.9. The van der Waals surface area contributed by atoms with E-state index in [1.165, 1.54) is 22.3 Å². The van der Waals surface area contributed by atoms with Crippen LogP contribution in [0.5, 0.6) is 0 Å². The predicted molar refractivity (Wildman–Crippen MR) is 119 cm³/mol. The minimum absolute atomic E-state index is 0.0456. The Bertz CT molecular complexity index is 1040. The summed E-state index contributed by atoms with van der Waals surface area (Å²) in [7, 11) is 0. The standard InChI is InChI=1S/C24H22BrN3O2/c25-17-11-16(12-26-13-17)23-14-28(10-9-27-23)24(29)30-15-22-20-7-3-1-5-18(20)19-6-2-4-8-21(19)22/h1-8,11-13,22-23,27H,9-10,14-15H2. The number of nitrogens with zero attached hydrogens (tertiary/aromatic N) is 2. The van der Waals surface area contributed by atoms with Crippen molar-refractivity contribution in [2.45, 2.75) is 12.0 Å². The third-order valence-electron chi connectivity index (χ3n) is 5.90. The summed E-state index contributed by atoms with van der Waals surface area (Å²) in [4.78, 5) is 18.9. The fourth-order valence-corrected chi connectivity index (χ4v) is 4.83. The van der Waals surface area contributed by atoms with Crippen LogP contribution in [-0.2, 0) is 4.74 Å². The first-order valence-corrected chi connectivity index (χ1v) is 10.9. The van der Waals surface area contributed by atoms with Gasteiger partial charge in [-0.2, -0.15) is 0 Å². The lowest BCUT2D eigenvalue weighted by molar-refractivity contribution is 0.0883. The molecular formula is C24H22BrN3O2. The zero-order chi connectivity index (χ0) is 20.5. The van der Waals surface area contributed by atoms with Crippen molar-refractivity contribution in [3.63, 3.8) is 0 Å². The molecule has 3 aromatic rings. The Balaban J connectivity index is 1.28. The number of fused-ring (bicyclic) bond motifs is 3. The molecule has 152 valence electrons. The lowest BCUT2D eigenvalue weighted by Gasteiger charge is -2.33. The highest BCUT2D eigenvalue weighted by Crippen LogP contribution is 2.44. The first kappa shape index (κ1) is 19.3. The van der Waals surface area contributed by atoms with Crippen molar-refractivity contribution in [2.75, 3.05) is 26.2 Å². The number of carbonyl (C=O) groups is 1. The van der Waals surface area contributed by atoms with Crippen molar-refractivity contribution in [1.82, 2.24) is 15.2 Å². The number of nitrogens with one attached hydrogen (secondary N) is 1. The maximum atomic E-state index is 12.9. The fourth-order valence-electron chi connectivity index (χ4n) is 4.44. The lowest BCUT2D eigenvalue weighted by atomic mass is 9.98. The van der Waals surface area contributed by atoms with Crippen LogP contribution < -0.4 is 5.32 Å². The maximum absolute atomic E-state index is 12.9. The van der Waals surface area contributed by atoms with E-state index in [1.54, 1.807) is 11.1 Å². The van der Waals surface area contributed by atoms with Crippen molar-refractivity contribution in [3.05, 3.63) is 88.2 Å². The molecule has 0 saturated carbocycles. The van der Waals surface area contributed by atoms with Gasteiger partial charge < -0.3 is 15.0 Å². The molecule has 0 bridgehead atoms. The van der Waals surface area contributed by atoms with Crippen LogP contribution in [0.4, 0.5) is 4.79 Å². The number of halogens is 1. The Labute approximate surface area is 184 Å². The van der Waals surface area contributed by atoms with Gasteiger partial charge in [0.1, 0.15) is 6.61 Å². The van der Waals surface area contributed by atoms with Gasteiger partial charge in [-0.05, 0) is 49.8 Å². The van der Waals surface area contributed by atoms with Crippen molar-refractivity contribution < 1.29 is 9.53 Å². The summed E-state index contributed by atoms with van der Waals surface area (Å²) in [5, 5.41) is 3.46. The van der Waals surface area contributed by atoms with E-state index < -0.39 is 0 Å². The Morgan fingerprint density at radius 3 is 2.50 bits per heavy atom. The number of ether oxygens (including phenoxy) is 1. The molecule has 1 fully saturated rings. The molecule has 1 saturated heterocycles. The summed E-state index contributed by atoms with van der Waals surface area (Å²) < 4.78 is 6.75. The smallest absolute Gasteiger partial charge is 0.409 e. The summed E-state index contributed by atoms with van der Waals surface area (Å²) in [5.74, 6) is 0.0781. The van der Waals surface area contributed by atoms with Gasteiger partial charge in [0.15, 0.2) is 0 Å². The highest BCUT2D eigenvalue weighted by molar-refractivity contribution is 9.10. The molecule has 2 aromatic carbocycles. The summed E-state index contributed by atoms with van der Waals surface area (Å²) >= 11 is 3.47. The van der Waals surface area contributed by atoms with E-state index in [9.17, 15) is 4.79 Å². The maximum Gasteiger partial charge on any atom is 0.409 e. The largest absolute Gasteiger partial charge is 0.448 e. The summed E-state index contributed by atoms with van der Waals surface area (Å²) in [5.41, 5.74) is 5.98. The van der Waals surface area contributed by atoms with Gasteiger partial charge in [-0.25, -0.2) is 4.79 Å². The highest BCUT2D eigenvalue weighted by Gasteiger charge is 2.31. The molecule has 1 unspecified atom stereocenters. The molecule has 1 atom stereocenters. The quantitative estimate of drug-likeness (QED) is 0.609.